The SMILES string of the molecule is CCOc1ccccc1NC(=O)COC(=O)c1oc2ccc(Br)cc2c1C. The molecule has 3 aromatic rings. The summed E-state index contributed by atoms with van der Waals surface area (Å²) in [6.45, 7) is 3.67. The van der Waals surface area contributed by atoms with Crippen LogP contribution in [0.1, 0.15) is 23.0 Å². The number of furan rings is 1. The lowest BCUT2D eigenvalue weighted by Gasteiger charge is -2.11. The Bertz CT molecular complexity index is 995. The molecule has 1 N–H and O–H groups in total. The summed E-state index contributed by atoms with van der Waals surface area (Å²) in [5.74, 6) is -0.510. The number of hydrogen-bond acceptors (Lipinski definition) is 5. The number of rotatable bonds is 6. The Hall–Kier alpha value is -2.80. The van der Waals surface area contributed by atoms with Gasteiger partial charge in [0, 0.05) is 15.4 Å². The van der Waals surface area contributed by atoms with Crippen LogP contribution in [0, 0.1) is 6.92 Å². The molecule has 0 saturated heterocycles. The molecular weight excluding hydrogens is 414 g/mol. The van der Waals surface area contributed by atoms with Gasteiger partial charge >= 0.3 is 5.97 Å². The fourth-order valence-electron chi connectivity index (χ4n) is 2.62. The quantitative estimate of drug-likeness (QED) is 0.572. The Labute approximate surface area is 164 Å². The van der Waals surface area contributed by atoms with E-state index in [4.69, 9.17) is 13.9 Å². The van der Waals surface area contributed by atoms with E-state index in [1.54, 1.807) is 31.2 Å². The molecule has 1 aromatic heterocycles. The molecule has 0 atom stereocenters. The smallest absolute Gasteiger partial charge is 0.375 e. The molecule has 0 spiro atoms. The normalized spacial score (nSPS) is 10.6. The molecule has 27 heavy (non-hydrogen) atoms. The van der Waals surface area contributed by atoms with Gasteiger partial charge in [0.25, 0.3) is 5.91 Å². The molecule has 0 aliphatic carbocycles. The third-order valence-corrected chi connectivity index (χ3v) is 4.37. The third-order valence-electron chi connectivity index (χ3n) is 3.88. The highest BCUT2D eigenvalue weighted by atomic mass is 79.9. The largest absolute Gasteiger partial charge is 0.492 e. The zero-order valence-corrected chi connectivity index (χ0v) is 16.5. The van der Waals surface area contributed by atoms with Crippen molar-refractivity contribution in [1.82, 2.24) is 0 Å². The Kier molecular flexibility index (Phi) is 5.81. The molecule has 140 valence electrons. The van der Waals surface area contributed by atoms with E-state index in [0.29, 0.717) is 29.2 Å². The van der Waals surface area contributed by atoms with Gasteiger partial charge in [-0.3, -0.25) is 4.79 Å². The first-order valence-electron chi connectivity index (χ1n) is 8.37. The number of hydrogen-bond donors (Lipinski definition) is 1. The summed E-state index contributed by atoms with van der Waals surface area (Å²) in [6.07, 6.45) is 0. The third kappa shape index (κ3) is 4.31. The van der Waals surface area contributed by atoms with Crippen molar-refractivity contribution in [2.75, 3.05) is 18.5 Å². The standard InChI is InChI=1S/C20H18BrNO5/c1-3-25-17-7-5-4-6-15(17)22-18(23)11-26-20(24)19-12(2)14-10-13(21)8-9-16(14)27-19/h4-10H,3,11H2,1-2H3,(H,22,23). The Morgan fingerprint density at radius 1 is 1.19 bits per heavy atom. The van der Waals surface area contributed by atoms with Gasteiger partial charge in [-0.15, -0.1) is 0 Å². The average Bonchev–Trinajstić information content (AvgIpc) is 2.98. The lowest BCUT2D eigenvalue weighted by atomic mass is 10.1. The van der Waals surface area contributed by atoms with Crippen molar-refractivity contribution >= 4 is 44.5 Å². The van der Waals surface area contributed by atoms with Crippen LogP contribution in [0.5, 0.6) is 5.75 Å². The van der Waals surface area contributed by atoms with Crippen molar-refractivity contribution in [3.8, 4) is 5.75 Å². The number of anilines is 1. The summed E-state index contributed by atoms with van der Waals surface area (Å²) in [4.78, 5) is 24.4. The maximum Gasteiger partial charge on any atom is 0.375 e. The molecule has 0 aliphatic heterocycles. The van der Waals surface area contributed by atoms with E-state index in [9.17, 15) is 9.59 Å². The van der Waals surface area contributed by atoms with Crippen molar-refractivity contribution in [2.45, 2.75) is 13.8 Å². The number of amides is 1. The number of esters is 1. The minimum Gasteiger partial charge on any atom is -0.492 e. The molecule has 0 bridgehead atoms. The molecule has 0 aliphatic rings. The van der Waals surface area contributed by atoms with Gasteiger partial charge < -0.3 is 19.2 Å². The molecule has 7 heteroatoms. The predicted octanol–water partition coefficient (Wildman–Crippen LogP) is 4.70. The van der Waals surface area contributed by atoms with Gasteiger partial charge in [-0.05, 0) is 44.2 Å². The van der Waals surface area contributed by atoms with Gasteiger partial charge in [0.1, 0.15) is 11.3 Å². The number of benzene rings is 2. The van der Waals surface area contributed by atoms with Crippen molar-refractivity contribution in [1.29, 1.82) is 0 Å². The summed E-state index contributed by atoms with van der Waals surface area (Å²) >= 11 is 3.39. The molecule has 1 amide bonds. The highest BCUT2D eigenvalue weighted by molar-refractivity contribution is 9.10. The second kappa shape index (κ2) is 8.26. The molecular formula is C20H18BrNO5. The minimum atomic E-state index is -0.687. The summed E-state index contributed by atoms with van der Waals surface area (Å²) in [5, 5.41) is 3.48. The summed E-state index contributed by atoms with van der Waals surface area (Å²) in [6, 6.07) is 12.5. The number of para-hydroxylation sites is 2. The highest BCUT2D eigenvalue weighted by Gasteiger charge is 2.20. The van der Waals surface area contributed by atoms with Crippen LogP contribution in [0.4, 0.5) is 5.69 Å². The van der Waals surface area contributed by atoms with Crippen LogP contribution in [0.2, 0.25) is 0 Å². The number of nitrogens with one attached hydrogen (secondary N) is 1. The predicted molar refractivity (Wildman–Crippen MR) is 105 cm³/mol. The fraction of sp³-hybridized carbons (Fsp3) is 0.200. The van der Waals surface area contributed by atoms with E-state index in [1.807, 2.05) is 25.1 Å². The van der Waals surface area contributed by atoms with E-state index in [-0.39, 0.29) is 5.76 Å². The van der Waals surface area contributed by atoms with Crippen LogP contribution in [0.3, 0.4) is 0 Å². The molecule has 6 nitrogen and oxygen atoms in total. The highest BCUT2D eigenvalue weighted by Crippen LogP contribution is 2.28. The molecule has 3 rings (SSSR count). The van der Waals surface area contributed by atoms with Crippen LogP contribution in [-0.2, 0) is 9.53 Å². The van der Waals surface area contributed by atoms with Crippen LogP contribution in [0.15, 0.2) is 51.4 Å². The number of fused-ring (bicyclic) bond motifs is 1. The lowest BCUT2D eigenvalue weighted by Crippen LogP contribution is -2.21. The van der Waals surface area contributed by atoms with Gasteiger partial charge in [0.05, 0.1) is 12.3 Å². The second-order valence-electron chi connectivity index (χ2n) is 5.75. The van der Waals surface area contributed by atoms with Gasteiger partial charge in [0.15, 0.2) is 6.61 Å². The lowest BCUT2D eigenvalue weighted by molar-refractivity contribution is -0.119. The van der Waals surface area contributed by atoms with Gasteiger partial charge in [-0.25, -0.2) is 4.79 Å². The first kappa shape index (κ1) is 19.0. The van der Waals surface area contributed by atoms with Crippen LogP contribution in [-0.4, -0.2) is 25.1 Å². The van der Waals surface area contributed by atoms with Crippen LogP contribution < -0.4 is 10.1 Å². The minimum absolute atomic E-state index is 0.0885. The maximum absolute atomic E-state index is 12.3. The van der Waals surface area contributed by atoms with E-state index < -0.39 is 18.5 Å². The molecule has 0 saturated carbocycles. The van der Waals surface area contributed by atoms with E-state index >= 15 is 0 Å². The molecule has 0 unspecified atom stereocenters. The number of carbonyl (C=O) groups is 2. The van der Waals surface area contributed by atoms with Crippen molar-refractivity contribution in [3.63, 3.8) is 0 Å². The molecule has 2 aromatic carbocycles. The Balaban J connectivity index is 1.66. The monoisotopic (exact) mass is 431 g/mol. The first-order chi connectivity index (χ1) is 13.0. The van der Waals surface area contributed by atoms with E-state index in [0.717, 1.165) is 9.86 Å². The first-order valence-corrected chi connectivity index (χ1v) is 9.16. The Morgan fingerprint density at radius 2 is 1.96 bits per heavy atom. The summed E-state index contributed by atoms with van der Waals surface area (Å²) < 4.78 is 17.0. The number of halogens is 1. The van der Waals surface area contributed by atoms with Crippen LogP contribution in [0.25, 0.3) is 11.0 Å². The van der Waals surface area contributed by atoms with Gasteiger partial charge in [0.2, 0.25) is 5.76 Å². The average molecular weight is 432 g/mol. The Morgan fingerprint density at radius 3 is 2.74 bits per heavy atom. The zero-order chi connectivity index (χ0) is 19.4. The molecule has 0 fully saturated rings. The number of ether oxygens (including phenoxy) is 2. The summed E-state index contributed by atoms with van der Waals surface area (Å²) in [5.41, 5.74) is 1.77. The fourth-order valence-corrected chi connectivity index (χ4v) is 2.98. The maximum atomic E-state index is 12.3. The van der Waals surface area contributed by atoms with Crippen molar-refractivity contribution in [3.05, 3.63) is 58.3 Å². The number of aryl methyl sites for hydroxylation is 1. The summed E-state index contributed by atoms with van der Waals surface area (Å²) in [7, 11) is 0. The van der Waals surface area contributed by atoms with Gasteiger partial charge in [-0.1, -0.05) is 28.1 Å². The van der Waals surface area contributed by atoms with Crippen molar-refractivity contribution < 1.29 is 23.5 Å². The molecule has 1 heterocycles. The number of carbonyl (C=O) groups excluding carboxylic acids is 2. The van der Waals surface area contributed by atoms with Crippen LogP contribution >= 0.6 is 15.9 Å². The van der Waals surface area contributed by atoms with Crippen molar-refractivity contribution in [2.24, 2.45) is 0 Å². The molecule has 0 radical (unpaired) electrons. The second-order valence-corrected chi connectivity index (χ2v) is 6.67. The van der Waals surface area contributed by atoms with E-state index in [1.165, 1.54) is 0 Å². The van der Waals surface area contributed by atoms with E-state index in [2.05, 4.69) is 21.2 Å². The van der Waals surface area contributed by atoms with Gasteiger partial charge in [-0.2, -0.15) is 0 Å². The topological polar surface area (TPSA) is 77.8 Å². The zero-order valence-electron chi connectivity index (χ0n) is 14.9.